The van der Waals surface area contributed by atoms with Crippen molar-refractivity contribution in [2.45, 2.75) is 264 Å². The number of ether oxygens (including phenoxy) is 2. The van der Waals surface area contributed by atoms with Crippen molar-refractivity contribution < 1.29 is 24.2 Å². The number of unbranched alkanes of at least 4 members (excludes halogenated alkanes) is 25. The molecule has 0 fully saturated rings. The van der Waals surface area contributed by atoms with Crippen LogP contribution in [0.1, 0.15) is 258 Å². The molecule has 0 aromatic heterocycles. The van der Waals surface area contributed by atoms with Crippen molar-refractivity contribution in [2.75, 3.05) is 13.2 Å². The van der Waals surface area contributed by atoms with Gasteiger partial charge in [0.1, 0.15) is 6.61 Å². The Kier molecular flexibility index (Phi) is 54.9. The highest BCUT2D eigenvalue weighted by Crippen LogP contribution is 2.16. The zero-order valence-corrected chi connectivity index (χ0v) is 44.3. The van der Waals surface area contributed by atoms with Gasteiger partial charge in [0.2, 0.25) is 0 Å². The van der Waals surface area contributed by atoms with E-state index in [0.29, 0.717) is 12.8 Å². The van der Waals surface area contributed by atoms with Gasteiger partial charge in [-0.1, -0.05) is 271 Å². The summed E-state index contributed by atoms with van der Waals surface area (Å²) >= 11 is 0. The van der Waals surface area contributed by atoms with Crippen LogP contribution in [0.4, 0.5) is 0 Å². The van der Waals surface area contributed by atoms with Crippen molar-refractivity contribution >= 4 is 11.9 Å². The standard InChI is InChI=1S/C63H106O5/c1-3-5-7-9-11-13-15-17-19-20-21-22-23-24-25-26-27-28-29-30-31-32-33-34-35-36-37-38-39-40-41-42-44-46-48-50-52-54-56-58-63(66)68-61(59-64)60-67-62(65)57-55-53-51-49-47-45-43-18-16-14-12-10-8-6-4-2/h5,7,11,13,17,19,21-22,24-25,27-28,30-31,33-34,36-37,61,64H,3-4,6,8-10,12,14-16,18,20,23,26,29,32,35,38-60H2,1-2H3/b7-5-,13-11-,19-17-,22-21-,25-24-,28-27-,31-30-,34-33-,37-36-. The van der Waals surface area contributed by atoms with Crippen LogP contribution < -0.4 is 0 Å². The minimum atomic E-state index is -0.777. The maximum atomic E-state index is 12.3. The van der Waals surface area contributed by atoms with Crippen LogP contribution in [-0.4, -0.2) is 36.4 Å². The zero-order chi connectivity index (χ0) is 49.2. The van der Waals surface area contributed by atoms with E-state index < -0.39 is 6.10 Å². The molecular weight excluding hydrogens is 837 g/mol. The summed E-state index contributed by atoms with van der Waals surface area (Å²) in [5, 5.41) is 9.63. The van der Waals surface area contributed by atoms with Gasteiger partial charge in [0.25, 0.3) is 0 Å². The molecule has 0 radical (unpaired) electrons. The van der Waals surface area contributed by atoms with Gasteiger partial charge in [-0.05, 0) is 83.5 Å². The predicted octanol–water partition coefficient (Wildman–Crippen LogP) is 19.3. The Morgan fingerprint density at radius 3 is 0.956 bits per heavy atom. The van der Waals surface area contributed by atoms with Gasteiger partial charge in [-0.2, -0.15) is 0 Å². The van der Waals surface area contributed by atoms with Crippen LogP contribution in [0.15, 0.2) is 109 Å². The molecule has 0 aliphatic carbocycles. The number of esters is 2. The number of hydrogen-bond acceptors (Lipinski definition) is 5. The molecule has 0 saturated heterocycles. The molecule has 5 heteroatoms. The van der Waals surface area contributed by atoms with Gasteiger partial charge < -0.3 is 14.6 Å². The van der Waals surface area contributed by atoms with Crippen molar-refractivity contribution in [2.24, 2.45) is 0 Å². The highest BCUT2D eigenvalue weighted by atomic mass is 16.6. The number of hydrogen-bond donors (Lipinski definition) is 1. The SMILES string of the molecule is CC/C=C\C/C=C\C/C=C\C/C=C\C/C=C\C/C=C\C/C=C\C/C=C\C/C=C\CCCCCCCCCCCCCC(=O)OC(CO)COC(=O)CCCCCCCCCCCCCCCCC. The molecule has 0 aromatic carbocycles. The topological polar surface area (TPSA) is 72.8 Å². The first-order chi connectivity index (χ1) is 33.6. The van der Waals surface area contributed by atoms with Gasteiger partial charge >= 0.3 is 11.9 Å². The third-order valence-electron chi connectivity index (χ3n) is 12.1. The molecule has 0 heterocycles. The van der Waals surface area contributed by atoms with Crippen molar-refractivity contribution in [1.82, 2.24) is 0 Å². The number of aliphatic hydroxyl groups is 1. The lowest BCUT2D eigenvalue weighted by molar-refractivity contribution is -0.161. The van der Waals surface area contributed by atoms with E-state index in [4.69, 9.17) is 9.47 Å². The Labute approximate surface area is 421 Å². The Balaban J connectivity index is 3.55. The molecular formula is C63H106O5. The van der Waals surface area contributed by atoms with Gasteiger partial charge in [0, 0.05) is 12.8 Å². The maximum absolute atomic E-state index is 12.3. The first-order valence-corrected chi connectivity index (χ1v) is 28.4. The lowest BCUT2D eigenvalue weighted by Gasteiger charge is -2.15. The van der Waals surface area contributed by atoms with Crippen LogP contribution in [0.5, 0.6) is 0 Å². The second-order valence-corrected chi connectivity index (χ2v) is 18.6. The summed E-state index contributed by atoms with van der Waals surface area (Å²) in [5.41, 5.74) is 0. The molecule has 0 bridgehead atoms. The molecule has 1 atom stereocenters. The van der Waals surface area contributed by atoms with Gasteiger partial charge in [0.05, 0.1) is 6.61 Å². The molecule has 0 rings (SSSR count). The Morgan fingerprint density at radius 2 is 0.632 bits per heavy atom. The molecule has 0 saturated carbocycles. The fraction of sp³-hybridized carbons (Fsp3) is 0.683. The first kappa shape index (κ1) is 64.6. The van der Waals surface area contributed by atoms with Crippen LogP contribution in [0.2, 0.25) is 0 Å². The molecule has 0 spiro atoms. The van der Waals surface area contributed by atoms with E-state index in [1.54, 1.807) is 0 Å². The fourth-order valence-corrected chi connectivity index (χ4v) is 7.84. The molecule has 0 aromatic rings. The number of rotatable bonds is 51. The number of allylic oxidation sites excluding steroid dienone is 18. The van der Waals surface area contributed by atoms with Gasteiger partial charge in [-0.3, -0.25) is 9.59 Å². The Bertz CT molecular complexity index is 1340. The number of carbonyl (C=O) groups is 2. The van der Waals surface area contributed by atoms with Crippen LogP contribution in [0, 0.1) is 0 Å². The van der Waals surface area contributed by atoms with Gasteiger partial charge in [0.15, 0.2) is 6.10 Å². The van der Waals surface area contributed by atoms with E-state index in [1.165, 1.54) is 135 Å². The molecule has 1 N–H and O–H groups in total. The average molecular weight is 944 g/mol. The minimum Gasteiger partial charge on any atom is -0.462 e. The van der Waals surface area contributed by atoms with E-state index in [9.17, 15) is 14.7 Å². The lowest BCUT2D eigenvalue weighted by Crippen LogP contribution is -2.28. The summed E-state index contributed by atoms with van der Waals surface area (Å²) in [6, 6.07) is 0. The van der Waals surface area contributed by atoms with Gasteiger partial charge in [-0.25, -0.2) is 0 Å². The van der Waals surface area contributed by atoms with Crippen molar-refractivity contribution in [3.8, 4) is 0 Å². The van der Waals surface area contributed by atoms with E-state index in [0.717, 1.165) is 96.3 Å². The summed E-state index contributed by atoms with van der Waals surface area (Å²) in [7, 11) is 0. The smallest absolute Gasteiger partial charge is 0.306 e. The van der Waals surface area contributed by atoms with Crippen molar-refractivity contribution in [1.29, 1.82) is 0 Å². The quantitative estimate of drug-likeness (QED) is 0.0374. The maximum Gasteiger partial charge on any atom is 0.306 e. The molecule has 0 aliphatic rings. The summed E-state index contributed by atoms with van der Waals surface area (Å²) in [4.78, 5) is 24.5. The largest absolute Gasteiger partial charge is 0.462 e. The summed E-state index contributed by atoms with van der Waals surface area (Å²) in [6.07, 6.45) is 83.4. The summed E-state index contributed by atoms with van der Waals surface area (Å²) < 4.78 is 10.7. The minimum absolute atomic E-state index is 0.0680. The first-order valence-electron chi connectivity index (χ1n) is 28.4. The number of aliphatic hydroxyl groups excluding tert-OH is 1. The predicted molar refractivity (Wildman–Crippen MR) is 297 cm³/mol. The lowest BCUT2D eigenvalue weighted by atomic mass is 10.0. The molecule has 1 unspecified atom stereocenters. The third kappa shape index (κ3) is 55.2. The van der Waals surface area contributed by atoms with Crippen LogP contribution in [-0.2, 0) is 19.1 Å². The normalized spacial score (nSPS) is 13.0. The van der Waals surface area contributed by atoms with Gasteiger partial charge in [-0.15, -0.1) is 0 Å². The van der Waals surface area contributed by atoms with Crippen LogP contribution in [0.3, 0.4) is 0 Å². The summed E-state index contributed by atoms with van der Waals surface area (Å²) in [5.74, 6) is -0.590. The highest BCUT2D eigenvalue weighted by molar-refractivity contribution is 5.70. The average Bonchev–Trinajstić information content (AvgIpc) is 3.34. The second-order valence-electron chi connectivity index (χ2n) is 18.6. The van der Waals surface area contributed by atoms with E-state index in [2.05, 4.69) is 123 Å². The zero-order valence-electron chi connectivity index (χ0n) is 44.3. The molecule has 68 heavy (non-hydrogen) atoms. The number of carbonyl (C=O) groups excluding carboxylic acids is 2. The Morgan fingerprint density at radius 1 is 0.353 bits per heavy atom. The highest BCUT2D eigenvalue weighted by Gasteiger charge is 2.16. The van der Waals surface area contributed by atoms with E-state index in [1.807, 2.05) is 0 Å². The molecule has 5 nitrogen and oxygen atoms in total. The van der Waals surface area contributed by atoms with Crippen LogP contribution in [0.25, 0.3) is 0 Å². The van der Waals surface area contributed by atoms with Crippen molar-refractivity contribution in [3.05, 3.63) is 109 Å². The second kappa shape index (κ2) is 57.9. The fourth-order valence-electron chi connectivity index (χ4n) is 7.84. The van der Waals surface area contributed by atoms with Crippen molar-refractivity contribution in [3.63, 3.8) is 0 Å². The molecule has 388 valence electrons. The van der Waals surface area contributed by atoms with Crippen LogP contribution >= 0.6 is 0 Å². The monoisotopic (exact) mass is 943 g/mol. The summed E-state index contributed by atoms with van der Waals surface area (Å²) in [6.45, 7) is 4.03. The third-order valence-corrected chi connectivity index (χ3v) is 12.1. The molecule has 0 aliphatic heterocycles. The van der Waals surface area contributed by atoms with E-state index in [-0.39, 0.29) is 25.2 Å². The Hall–Kier alpha value is -3.44. The molecule has 0 amide bonds. The van der Waals surface area contributed by atoms with E-state index >= 15 is 0 Å².